The highest BCUT2D eigenvalue weighted by Gasteiger charge is 2.17. The molecule has 2 rings (SSSR count). The zero-order valence-electron chi connectivity index (χ0n) is 11.5. The quantitative estimate of drug-likeness (QED) is 0.771. The first-order chi connectivity index (χ1) is 9.65. The molecule has 0 saturated heterocycles. The molecule has 0 aliphatic rings. The monoisotopic (exact) mass is 397 g/mol. The molecule has 2 nitrogen and oxygen atoms in total. The third-order valence-electron chi connectivity index (χ3n) is 3.12. The third-order valence-corrected chi connectivity index (χ3v) is 4.14. The Kier molecular flexibility index (Phi) is 5.64. The molecule has 0 heterocycles. The van der Waals surface area contributed by atoms with E-state index < -0.39 is 0 Å². The minimum Gasteiger partial charge on any atom is -0.496 e. The maximum absolute atomic E-state index is 5.52. The number of rotatable bonds is 5. The van der Waals surface area contributed by atoms with Gasteiger partial charge in [-0.15, -0.1) is 0 Å². The molecule has 2 aromatic carbocycles. The van der Waals surface area contributed by atoms with Gasteiger partial charge in [-0.25, -0.2) is 0 Å². The minimum atomic E-state index is 0.121. The summed E-state index contributed by atoms with van der Waals surface area (Å²) in [7, 11) is 1.70. The average Bonchev–Trinajstić information content (AvgIpc) is 2.46. The SMILES string of the molecule is CCNC(c1ccc(Br)cc1)c1ccc(Br)cc1OC. The van der Waals surface area contributed by atoms with Crippen LogP contribution < -0.4 is 10.1 Å². The molecule has 0 spiro atoms. The van der Waals surface area contributed by atoms with Gasteiger partial charge < -0.3 is 10.1 Å². The first-order valence-corrected chi connectivity index (χ1v) is 8.06. The van der Waals surface area contributed by atoms with Crippen molar-refractivity contribution in [1.82, 2.24) is 5.32 Å². The van der Waals surface area contributed by atoms with Gasteiger partial charge in [-0.05, 0) is 36.4 Å². The van der Waals surface area contributed by atoms with Gasteiger partial charge in [-0.3, -0.25) is 0 Å². The number of methoxy groups -OCH3 is 1. The van der Waals surface area contributed by atoms with Gasteiger partial charge in [-0.1, -0.05) is 57.0 Å². The summed E-state index contributed by atoms with van der Waals surface area (Å²) in [6, 6.07) is 14.6. The fourth-order valence-corrected chi connectivity index (χ4v) is 2.79. The van der Waals surface area contributed by atoms with Crippen molar-refractivity contribution in [3.05, 3.63) is 62.5 Å². The van der Waals surface area contributed by atoms with Crippen LogP contribution in [-0.2, 0) is 0 Å². The molecule has 0 aliphatic carbocycles. The Morgan fingerprint density at radius 2 is 1.70 bits per heavy atom. The summed E-state index contributed by atoms with van der Waals surface area (Å²) in [5.74, 6) is 0.883. The predicted molar refractivity (Wildman–Crippen MR) is 90.4 cm³/mol. The number of benzene rings is 2. The van der Waals surface area contributed by atoms with Gasteiger partial charge in [0.2, 0.25) is 0 Å². The lowest BCUT2D eigenvalue weighted by Gasteiger charge is -2.21. The van der Waals surface area contributed by atoms with Crippen LogP contribution in [0.2, 0.25) is 0 Å². The van der Waals surface area contributed by atoms with Crippen LogP contribution in [0, 0.1) is 0 Å². The minimum absolute atomic E-state index is 0.121. The highest BCUT2D eigenvalue weighted by atomic mass is 79.9. The molecule has 0 bridgehead atoms. The molecule has 2 aromatic rings. The Labute approximate surface area is 136 Å². The molecule has 0 aliphatic heterocycles. The van der Waals surface area contributed by atoms with Crippen molar-refractivity contribution in [2.24, 2.45) is 0 Å². The van der Waals surface area contributed by atoms with Crippen molar-refractivity contribution >= 4 is 31.9 Å². The van der Waals surface area contributed by atoms with E-state index in [1.54, 1.807) is 7.11 Å². The van der Waals surface area contributed by atoms with Crippen LogP contribution in [0.1, 0.15) is 24.1 Å². The Hall–Kier alpha value is -0.840. The molecule has 0 radical (unpaired) electrons. The van der Waals surface area contributed by atoms with E-state index in [1.165, 1.54) is 5.56 Å². The Bertz CT molecular complexity index is 569. The summed E-state index contributed by atoms with van der Waals surface area (Å²) in [4.78, 5) is 0. The van der Waals surface area contributed by atoms with Crippen molar-refractivity contribution in [3.8, 4) is 5.75 Å². The molecule has 106 valence electrons. The average molecular weight is 399 g/mol. The van der Waals surface area contributed by atoms with E-state index in [1.807, 2.05) is 12.1 Å². The van der Waals surface area contributed by atoms with Crippen LogP contribution >= 0.6 is 31.9 Å². The third kappa shape index (κ3) is 3.62. The molecule has 20 heavy (non-hydrogen) atoms. The summed E-state index contributed by atoms with van der Waals surface area (Å²) >= 11 is 6.96. The summed E-state index contributed by atoms with van der Waals surface area (Å²) in [5.41, 5.74) is 2.36. The van der Waals surface area contributed by atoms with Crippen LogP contribution in [-0.4, -0.2) is 13.7 Å². The van der Waals surface area contributed by atoms with Crippen molar-refractivity contribution in [3.63, 3.8) is 0 Å². The summed E-state index contributed by atoms with van der Waals surface area (Å²) in [6.07, 6.45) is 0. The van der Waals surface area contributed by atoms with E-state index in [-0.39, 0.29) is 6.04 Å². The summed E-state index contributed by atoms with van der Waals surface area (Å²) in [5, 5.41) is 3.52. The summed E-state index contributed by atoms with van der Waals surface area (Å²) < 4.78 is 7.62. The molecule has 0 aromatic heterocycles. The van der Waals surface area contributed by atoms with Gasteiger partial charge in [0.15, 0.2) is 0 Å². The maximum Gasteiger partial charge on any atom is 0.125 e. The normalized spacial score (nSPS) is 12.2. The second-order valence-electron chi connectivity index (χ2n) is 4.43. The fraction of sp³-hybridized carbons (Fsp3) is 0.250. The van der Waals surface area contributed by atoms with E-state index in [0.717, 1.165) is 26.8 Å². The number of hydrogen-bond donors (Lipinski definition) is 1. The smallest absolute Gasteiger partial charge is 0.125 e. The number of ether oxygens (including phenoxy) is 1. The zero-order chi connectivity index (χ0) is 14.5. The molecule has 0 saturated carbocycles. The van der Waals surface area contributed by atoms with Gasteiger partial charge >= 0.3 is 0 Å². The van der Waals surface area contributed by atoms with Gasteiger partial charge in [0.05, 0.1) is 13.2 Å². The Morgan fingerprint density at radius 3 is 2.30 bits per heavy atom. The van der Waals surface area contributed by atoms with E-state index >= 15 is 0 Å². The fourth-order valence-electron chi connectivity index (χ4n) is 2.19. The largest absolute Gasteiger partial charge is 0.496 e. The van der Waals surface area contributed by atoms with Crippen LogP contribution in [0.3, 0.4) is 0 Å². The molecule has 4 heteroatoms. The van der Waals surface area contributed by atoms with Crippen LogP contribution in [0.4, 0.5) is 0 Å². The van der Waals surface area contributed by atoms with Gasteiger partial charge in [-0.2, -0.15) is 0 Å². The number of nitrogens with one attached hydrogen (secondary N) is 1. The van der Waals surface area contributed by atoms with Crippen molar-refractivity contribution in [1.29, 1.82) is 0 Å². The Balaban J connectivity index is 2.45. The second kappa shape index (κ2) is 7.25. The molecule has 0 amide bonds. The molecule has 0 fully saturated rings. The number of hydrogen-bond acceptors (Lipinski definition) is 2. The van der Waals surface area contributed by atoms with Crippen molar-refractivity contribution in [2.45, 2.75) is 13.0 Å². The number of halogens is 2. The van der Waals surface area contributed by atoms with Crippen molar-refractivity contribution in [2.75, 3.05) is 13.7 Å². The lowest BCUT2D eigenvalue weighted by Crippen LogP contribution is -2.22. The van der Waals surface area contributed by atoms with E-state index in [0.29, 0.717) is 0 Å². The van der Waals surface area contributed by atoms with Crippen molar-refractivity contribution < 1.29 is 4.74 Å². The van der Waals surface area contributed by atoms with Crippen LogP contribution in [0.25, 0.3) is 0 Å². The summed E-state index contributed by atoms with van der Waals surface area (Å²) in [6.45, 7) is 3.00. The lowest BCUT2D eigenvalue weighted by atomic mass is 9.98. The van der Waals surface area contributed by atoms with Crippen LogP contribution in [0.15, 0.2) is 51.4 Å². The highest BCUT2D eigenvalue weighted by Crippen LogP contribution is 2.32. The zero-order valence-corrected chi connectivity index (χ0v) is 14.7. The topological polar surface area (TPSA) is 21.3 Å². The van der Waals surface area contributed by atoms with Gasteiger partial charge in [0.25, 0.3) is 0 Å². The molecular formula is C16H17Br2NO. The maximum atomic E-state index is 5.52. The Morgan fingerprint density at radius 1 is 1.05 bits per heavy atom. The molecular weight excluding hydrogens is 382 g/mol. The standard InChI is InChI=1S/C16H17Br2NO/c1-3-19-16(11-4-6-12(17)7-5-11)14-9-8-13(18)10-15(14)20-2/h4-10,16,19H,3H2,1-2H3. The van der Waals surface area contributed by atoms with Crippen LogP contribution in [0.5, 0.6) is 5.75 Å². The highest BCUT2D eigenvalue weighted by molar-refractivity contribution is 9.10. The van der Waals surface area contributed by atoms with E-state index in [4.69, 9.17) is 4.74 Å². The molecule has 1 atom stereocenters. The first kappa shape index (κ1) is 15.5. The first-order valence-electron chi connectivity index (χ1n) is 6.48. The van der Waals surface area contributed by atoms with E-state index in [2.05, 4.69) is 74.4 Å². The molecule has 1 N–H and O–H groups in total. The second-order valence-corrected chi connectivity index (χ2v) is 6.26. The molecule has 1 unspecified atom stereocenters. The van der Waals surface area contributed by atoms with Gasteiger partial charge in [0, 0.05) is 14.5 Å². The predicted octanol–water partition coefficient (Wildman–Crippen LogP) is 4.92. The van der Waals surface area contributed by atoms with Gasteiger partial charge in [0.1, 0.15) is 5.75 Å². The lowest BCUT2D eigenvalue weighted by molar-refractivity contribution is 0.404. The van der Waals surface area contributed by atoms with E-state index in [9.17, 15) is 0 Å².